The van der Waals surface area contributed by atoms with Crippen molar-refractivity contribution in [2.45, 2.75) is 25.1 Å². The molecule has 21 heavy (non-hydrogen) atoms. The van der Waals surface area contributed by atoms with Gasteiger partial charge in [0.2, 0.25) is 5.88 Å². The molecule has 8 heteroatoms. The van der Waals surface area contributed by atoms with Gasteiger partial charge in [-0.05, 0) is 31.5 Å². The highest BCUT2D eigenvalue weighted by Crippen LogP contribution is 2.20. The Kier molecular flexibility index (Phi) is 5.00. The van der Waals surface area contributed by atoms with Crippen LogP contribution in [0.2, 0.25) is 0 Å². The van der Waals surface area contributed by atoms with Gasteiger partial charge in [0, 0.05) is 18.8 Å². The lowest BCUT2D eigenvalue weighted by atomic mass is 10.1. The number of carbonyl (C=O) groups is 1. The van der Waals surface area contributed by atoms with E-state index in [1.807, 2.05) is 0 Å². The fourth-order valence-corrected chi connectivity index (χ4v) is 2.07. The summed E-state index contributed by atoms with van der Waals surface area (Å²) in [7, 11) is 0. The molecule has 1 aliphatic rings. The zero-order valence-electron chi connectivity index (χ0n) is 11.2. The van der Waals surface area contributed by atoms with E-state index in [-0.39, 0.29) is 17.5 Å². The molecule has 1 aliphatic heterocycles. The van der Waals surface area contributed by atoms with E-state index in [1.165, 1.54) is 18.3 Å². The van der Waals surface area contributed by atoms with Crippen LogP contribution in [0.4, 0.5) is 13.2 Å². The standard InChI is InChI=1S/C13H16F3N3O2/c14-13(15,16)8-21-12-10(4-2-6-18-12)11(20)19-9-3-1-5-17-7-9/h2,4,6,9,17H,1,3,5,7-8H2,(H,19,20)/t9-/m0/s1. The van der Waals surface area contributed by atoms with E-state index in [1.54, 1.807) is 0 Å². The summed E-state index contributed by atoms with van der Waals surface area (Å²) in [4.78, 5) is 15.8. The molecule has 2 N–H and O–H groups in total. The smallest absolute Gasteiger partial charge is 0.422 e. The van der Waals surface area contributed by atoms with Gasteiger partial charge in [0.15, 0.2) is 6.61 Å². The van der Waals surface area contributed by atoms with Crippen LogP contribution in [-0.4, -0.2) is 42.8 Å². The number of hydrogen-bond donors (Lipinski definition) is 2. The second-order valence-electron chi connectivity index (χ2n) is 4.78. The van der Waals surface area contributed by atoms with E-state index in [2.05, 4.69) is 20.4 Å². The average Bonchev–Trinajstić information content (AvgIpc) is 2.46. The molecule has 0 aliphatic carbocycles. The molecule has 1 aromatic rings. The Balaban J connectivity index is 2.02. The second-order valence-corrected chi connectivity index (χ2v) is 4.78. The SMILES string of the molecule is O=C(N[C@H]1CCCNC1)c1cccnc1OCC(F)(F)F. The van der Waals surface area contributed by atoms with Crippen LogP contribution < -0.4 is 15.4 Å². The first-order valence-electron chi connectivity index (χ1n) is 6.62. The Morgan fingerprint density at radius 2 is 2.33 bits per heavy atom. The van der Waals surface area contributed by atoms with Crippen LogP contribution in [0.1, 0.15) is 23.2 Å². The molecular weight excluding hydrogens is 287 g/mol. The van der Waals surface area contributed by atoms with Crippen molar-refractivity contribution in [3.8, 4) is 5.88 Å². The number of alkyl halides is 3. The first-order chi connectivity index (χ1) is 9.96. The summed E-state index contributed by atoms with van der Waals surface area (Å²) >= 11 is 0. The molecule has 2 heterocycles. The fourth-order valence-electron chi connectivity index (χ4n) is 2.07. The summed E-state index contributed by atoms with van der Waals surface area (Å²) in [6.45, 7) is 0.0687. The summed E-state index contributed by atoms with van der Waals surface area (Å²) in [5.74, 6) is -0.787. The largest absolute Gasteiger partial charge is 0.467 e. The molecule has 5 nitrogen and oxygen atoms in total. The highest BCUT2D eigenvalue weighted by atomic mass is 19.4. The van der Waals surface area contributed by atoms with Crippen LogP contribution >= 0.6 is 0 Å². The summed E-state index contributed by atoms with van der Waals surface area (Å²) in [6.07, 6.45) is -1.42. The number of nitrogens with zero attached hydrogens (tertiary/aromatic N) is 1. The van der Waals surface area contributed by atoms with Gasteiger partial charge in [0.05, 0.1) is 0 Å². The summed E-state index contributed by atoms with van der Waals surface area (Å²) in [6, 6.07) is 2.83. The molecule has 2 rings (SSSR count). The number of amides is 1. The molecule has 1 saturated heterocycles. The highest BCUT2D eigenvalue weighted by Gasteiger charge is 2.30. The van der Waals surface area contributed by atoms with Gasteiger partial charge in [-0.2, -0.15) is 13.2 Å². The Morgan fingerprint density at radius 3 is 3.00 bits per heavy atom. The molecule has 1 aromatic heterocycles. The number of halogens is 3. The van der Waals surface area contributed by atoms with Crippen molar-refractivity contribution in [1.29, 1.82) is 0 Å². The third-order valence-corrected chi connectivity index (χ3v) is 3.02. The van der Waals surface area contributed by atoms with Crippen LogP contribution in [0.3, 0.4) is 0 Å². The van der Waals surface area contributed by atoms with E-state index in [0.29, 0.717) is 6.54 Å². The number of pyridine rings is 1. The molecule has 1 amide bonds. The lowest BCUT2D eigenvalue weighted by molar-refractivity contribution is -0.154. The minimum absolute atomic E-state index is 0.00678. The molecule has 0 saturated carbocycles. The van der Waals surface area contributed by atoms with Crippen molar-refractivity contribution < 1.29 is 22.7 Å². The Hall–Kier alpha value is -1.83. The lowest BCUT2D eigenvalue weighted by Crippen LogP contribution is -2.45. The molecule has 0 aromatic carbocycles. The topological polar surface area (TPSA) is 63.2 Å². The molecule has 1 atom stereocenters. The van der Waals surface area contributed by atoms with E-state index in [0.717, 1.165) is 19.4 Å². The molecule has 0 radical (unpaired) electrons. The van der Waals surface area contributed by atoms with Gasteiger partial charge in [-0.25, -0.2) is 4.98 Å². The molecule has 116 valence electrons. The normalized spacial score (nSPS) is 19.1. The minimum Gasteiger partial charge on any atom is -0.467 e. The maximum Gasteiger partial charge on any atom is 0.422 e. The van der Waals surface area contributed by atoms with E-state index >= 15 is 0 Å². The van der Waals surface area contributed by atoms with Crippen LogP contribution in [-0.2, 0) is 0 Å². The van der Waals surface area contributed by atoms with Gasteiger partial charge in [-0.15, -0.1) is 0 Å². The Bertz CT molecular complexity index is 488. The fraction of sp³-hybridized carbons (Fsp3) is 0.538. The number of nitrogens with one attached hydrogen (secondary N) is 2. The number of rotatable bonds is 4. The predicted molar refractivity (Wildman–Crippen MR) is 69.1 cm³/mol. The van der Waals surface area contributed by atoms with Crippen molar-refractivity contribution in [3.63, 3.8) is 0 Å². The van der Waals surface area contributed by atoms with Crippen LogP contribution in [0.15, 0.2) is 18.3 Å². The van der Waals surface area contributed by atoms with Gasteiger partial charge in [-0.3, -0.25) is 4.79 Å². The number of aromatic nitrogens is 1. The van der Waals surface area contributed by atoms with Gasteiger partial charge >= 0.3 is 6.18 Å². The van der Waals surface area contributed by atoms with Gasteiger partial charge in [0.1, 0.15) is 5.56 Å². The van der Waals surface area contributed by atoms with Crippen molar-refractivity contribution >= 4 is 5.91 Å². The van der Waals surface area contributed by atoms with Crippen LogP contribution in [0.25, 0.3) is 0 Å². The molecule has 0 unspecified atom stereocenters. The van der Waals surface area contributed by atoms with Gasteiger partial charge < -0.3 is 15.4 Å². The maximum absolute atomic E-state index is 12.2. The number of hydrogen-bond acceptors (Lipinski definition) is 4. The number of carbonyl (C=O) groups excluding carboxylic acids is 1. The van der Waals surface area contributed by atoms with Crippen molar-refractivity contribution in [2.24, 2.45) is 0 Å². The molecule has 0 bridgehead atoms. The maximum atomic E-state index is 12.2. The first kappa shape index (κ1) is 15.6. The molecule has 1 fully saturated rings. The Labute approximate surface area is 119 Å². The quantitative estimate of drug-likeness (QED) is 0.885. The summed E-state index contributed by atoms with van der Waals surface area (Å²) < 4.78 is 41.2. The monoisotopic (exact) mass is 303 g/mol. The number of piperidine rings is 1. The third-order valence-electron chi connectivity index (χ3n) is 3.02. The third kappa shape index (κ3) is 4.89. The zero-order valence-corrected chi connectivity index (χ0v) is 11.2. The van der Waals surface area contributed by atoms with E-state index in [4.69, 9.17) is 0 Å². The molecular formula is C13H16F3N3O2. The average molecular weight is 303 g/mol. The Morgan fingerprint density at radius 1 is 1.52 bits per heavy atom. The zero-order chi connectivity index (χ0) is 15.3. The van der Waals surface area contributed by atoms with Crippen LogP contribution in [0, 0.1) is 0 Å². The minimum atomic E-state index is -4.47. The lowest BCUT2D eigenvalue weighted by Gasteiger charge is -2.24. The van der Waals surface area contributed by atoms with Crippen LogP contribution in [0.5, 0.6) is 5.88 Å². The molecule has 0 spiro atoms. The summed E-state index contributed by atoms with van der Waals surface area (Å²) in [5, 5.41) is 5.91. The van der Waals surface area contributed by atoms with E-state index in [9.17, 15) is 18.0 Å². The van der Waals surface area contributed by atoms with Crippen molar-refractivity contribution in [3.05, 3.63) is 23.9 Å². The first-order valence-corrected chi connectivity index (χ1v) is 6.62. The van der Waals surface area contributed by atoms with E-state index < -0.39 is 18.7 Å². The highest BCUT2D eigenvalue weighted by molar-refractivity contribution is 5.96. The number of ether oxygens (including phenoxy) is 1. The second kappa shape index (κ2) is 6.75. The van der Waals surface area contributed by atoms with Gasteiger partial charge in [0.25, 0.3) is 5.91 Å². The van der Waals surface area contributed by atoms with Gasteiger partial charge in [-0.1, -0.05) is 0 Å². The van der Waals surface area contributed by atoms with Crippen molar-refractivity contribution in [2.75, 3.05) is 19.7 Å². The van der Waals surface area contributed by atoms with Crippen molar-refractivity contribution in [1.82, 2.24) is 15.6 Å². The predicted octanol–water partition coefficient (Wildman–Crippen LogP) is 1.50. The summed E-state index contributed by atoms with van der Waals surface area (Å²) in [5.41, 5.74) is 0.00678.